The first kappa shape index (κ1) is 19.9. The van der Waals surface area contributed by atoms with Crippen molar-refractivity contribution >= 4 is 21.4 Å². The molecule has 4 atom stereocenters. The molecule has 1 saturated heterocycles. The number of hydrogen-bond donors (Lipinski definition) is 2. The fourth-order valence-corrected chi connectivity index (χ4v) is 6.67. The smallest absolute Gasteiger partial charge is 0.311 e. The molecule has 1 saturated carbocycles. The Labute approximate surface area is 156 Å². The molecule has 2 aliphatic rings. The molecule has 0 spiro atoms. The average molecular weight is 411 g/mol. The molecule has 9 heteroatoms. The lowest BCUT2D eigenvalue weighted by molar-refractivity contribution is -0.137. The molecule has 3 rings (SSSR count). The van der Waals surface area contributed by atoms with E-state index < -0.39 is 27.0 Å². The van der Waals surface area contributed by atoms with Gasteiger partial charge in [0.25, 0.3) is 0 Å². The van der Waals surface area contributed by atoms with Crippen molar-refractivity contribution in [2.45, 2.75) is 55.2 Å². The van der Waals surface area contributed by atoms with Crippen LogP contribution < -0.4 is 10.6 Å². The van der Waals surface area contributed by atoms with Gasteiger partial charge in [-0.25, -0.2) is 8.42 Å². The number of hydrogen-bond acceptors (Lipinski definition) is 4. The molecule has 0 aromatic heterocycles. The quantitative estimate of drug-likeness (QED) is 0.798. The second-order valence-corrected chi connectivity index (χ2v) is 9.79. The lowest BCUT2D eigenvalue weighted by Gasteiger charge is -2.22. The summed E-state index contributed by atoms with van der Waals surface area (Å²) in [4.78, 5) is -0.245. The zero-order valence-corrected chi connectivity index (χ0v) is 16.0. The average Bonchev–Trinajstić information content (AvgIpc) is 3.08. The lowest BCUT2D eigenvalue weighted by atomic mass is 9.97. The number of fused-ring (bicyclic) bond motifs is 1. The van der Waals surface area contributed by atoms with E-state index >= 15 is 0 Å². The van der Waals surface area contributed by atoms with E-state index in [2.05, 4.69) is 10.6 Å². The summed E-state index contributed by atoms with van der Waals surface area (Å²) < 4.78 is 64.5. The largest absolute Gasteiger partial charge is 0.416 e. The van der Waals surface area contributed by atoms with Gasteiger partial charge in [-0.3, -0.25) is 0 Å². The second kappa shape index (κ2) is 6.96. The summed E-state index contributed by atoms with van der Waals surface area (Å²) in [5, 5.41) is 5.33. The number of nitrogens with one attached hydrogen (secondary N) is 2. The van der Waals surface area contributed by atoms with Crippen LogP contribution >= 0.6 is 11.6 Å². The van der Waals surface area contributed by atoms with E-state index in [1.807, 2.05) is 13.8 Å². The molecule has 1 heterocycles. The fourth-order valence-electron chi connectivity index (χ4n) is 4.19. The van der Waals surface area contributed by atoms with E-state index in [0.29, 0.717) is 18.7 Å². The minimum atomic E-state index is -4.57. The maximum absolute atomic E-state index is 13.0. The van der Waals surface area contributed by atoms with Gasteiger partial charge in [-0.2, -0.15) is 13.2 Å². The number of alkyl halides is 3. The molecule has 2 N–H and O–H groups in total. The summed E-state index contributed by atoms with van der Waals surface area (Å²) in [5.41, 5.74) is -0.958. The molecule has 0 amide bonds. The number of benzene rings is 1. The predicted octanol–water partition coefficient (Wildman–Crippen LogP) is 3.45. The first-order chi connectivity index (χ1) is 12.0. The third-order valence-corrected chi connectivity index (χ3v) is 7.85. The molecule has 146 valence electrons. The van der Waals surface area contributed by atoms with Gasteiger partial charge in [-0.05, 0) is 42.9 Å². The van der Waals surface area contributed by atoms with Crippen LogP contribution in [0.4, 0.5) is 13.2 Å². The van der Waals surface area contributed by atoms with E-state index in [9.17, 15) is 21.6 Å². The van der Waals surface area contributed by atoms with Crippen molar-refractivity contribution in [3.8, 4) is 0 Å². The van der Waals surface area contributed by atoms with Gasteiger partial charge in [-0.1, -0.05) is 25.4 Å². The molecular formula is C17H22ClF3N2O2S. The standard InChI is InChI=1S/C17H22ClF3N2O2S/c1-9(2)23-14-5-4-11-12(14)8-22-16(11)26(24,25)15-6-3-10(7-13(15)18)17(19,20)21/h3,6-7,9,11-12,14,16,22-23H,4-5,8H2,1-2H3. The van der Waals surface area contributed by atoms with Gasteiger partial charge in [-0.15, -0.1) is 0 Å². The minimum absolute atomic E-state index is 0.0744. The molecule has 1 aliphatic carbocycles. The molecule has 0 bridgehead atoms. The highest BCUT2D eigenvalue weighted by atomic mass is 35.5. The second-order valence-electron chi connectivity index (χ2n) is 7.35. The summed E-state index contributed by atoms with van der Waals surface area (Å²) in [6.07, 6.45) is -2.92. The third kappa shape index (κ3) is 3.61. The van der Waals surface area contributed by atoms with Gasteiger partial charge in [0.05, 0.1) is 15.5 Å². The topological polar surface area (TPSA) is 58.2 Å². The number of halogens is 4. The van der Waals surface area contributed by atoms with E-state index in [-0.39, 0.29) is 27.8 Å². The Morgan fingerprint density at radius 2 is 1.92 bits per heavy atom. The number of rotatable bonds is 4. The fraction of sp³-hybridized carbons (Fsp3) is 0.647. The van der Waals surface area contributed by atoms with Gasteiger partial charge in [0.1, 0.15) is 5.37 Å². The van der Waals surface area contributed by atoms with Crippen molar-refractivity contribution < 1.29 is 21.6 Å². The first-order valence-electron chi connectivity index (χ1n) is 8.62. The van der Waals surface area contributed by atoms with Crippen LogP contribution in [-0.2, 0) is 16.0 Å². The van der Waals surface area contributed by atoms with E-state index in [1.54, 1.807) is 0 Å². The Morgan fingerprint density at radius 1 is 1.23 bits per heavy atom. The molecule has 1 aromatic carbocycles. The summed E-state index contributed by atoms with van der Waals surface area (Å²) >= 11 is 5.92. The van der Waals surface area contributed by atoms with Gasteiger partial charge in [0, 0.05) is 18.6 Å². The Kier molecular flexibility index (Phi) is 5.33. The van der Waals surface area contributed by atoms with E-state index in [1.165, 1.54) is 0 Å². The SMILES string of the molecule is CC(C)NC1CCC2C1CNC2S(=O)(=O)c1ccc(C(F)(F)F)cc1Cl. The highest BCUT2D eigenvalue weighted by molar-refractivity contribution is 7.92. The summed E-state index contributed by atoms with van der Waals surface area (Å²) in [7, 11) is -3.88. The lowest BCUT2D eigenvalue weighted by Crippen LogP contribution is -2.39. The van der Waals surface area contributed by atoms with Crippen LogP contribution in [0, 0.1) is 11.8 Å². The molecule has 4 unspecified atom stereocenters. The molecule has 4 nitrogen and oxygen atoms in total. The van der Waals surface area contributed by atoms with Crippen LogP contribution in [0.1, 0.15) is 32.3 Å². The highest BCUT2D eigenvalue weighted by Gasteiger charge is 2.50. The summed E-state index contributed by atoms with van der Waals surface area (Å²) in [5.74, 6) is 0.111. The van der Waals surface area contributed by atoms with E-state index in [0.717, 1.165) is 25.0 Å². The normalized spacial score (nSPS) is 29.3. The zero-order valence-electron chi connectivity index (χ0n) is 14.5. The van der Waals surface area contributed by atoms with Crippen LogP contribution in [0.25, 0.3) is 0 Å². The zero-order chi connectivity index (χ0) is 19.3. The van der Waals surface area contributed by atoms with Crippen LogP contribution in [0.3, 0.4) is 0 Å². The maximum atomic E-state index is 13.0. The first-order valence-corrected chi connectivity index (χ1v) is 10.5. The van der Waals surface area contributed by atoms with Crippen LogP contribution in [0.2, 0.25) is 5.02 Å². The van der Waals surface area contributed by atoms with Crippen molar-refractivity contribution in [3.05, 3.63) is 28.8 Å². The number of sulfone groups is 1. The van der Waals surface area contributed by atoms with Crippen LogP contribution in [0.15, 0.2) is 23.1 Å². The molecule has 0 radical (unpaired) electrons. The molecule has 1 aromatic rings. The highest BCUT2D eigenvalue weighted by Crippen LogP contribution is 2.43. The Hall–Kier alpha value is -0.830. The van der Waals surface area contributed by atoms with Crippen molar-refractivity contribution in [1.29, 1.82) is 0 Å². The maximum Gasteiger partial charge on any atom is 0.416 e. The van der Waals surface area contributed by atoms with Crippen molar-refractivity contribution in [3.63, 3.8) is 0 Å². The van der Waals surface area contributed by atoms with Gasteiger partial charge < -0.3 is 10.6 Å². The predicted molar refractivity (Wildman–Crippen MR) is 93.7 cm³/mol. The molecule has 2 fully saturated rings. The van der Waals surface area contributed by atoms with E-state index in [4.69, 9.17) is 11.6 Å². The minimum Gasteiger partial charge on any atom is -0.311 e. The van der Waals surface area contributed by atoms with Gasteiger partial charge in [0.15, 0.2) is 9.84 Å². The Bertz CT molecular complexity index is 783. The molecule has 26 heavy (non-hydrogen) atoms. The summed E-state index contributed by atoms with van der Waals surface area (Å²) in [6.45, 7) is 4.66. The monoisotopic (exact) mass is 410 g/mol. The molecular weight excluding hydrogens is 389 g/mol. The van der Waals surface area contributed by atoms with Crippen molar-refractivity contribution in [2.75, 3.05) is 6.54 Å². The summed E-state index contributed by atoms with van der Waals surface area (Å²) in [6, 6.07) is 2.96. The Morgan fingerprint density at radius 3 is 2.50 bits per heavy atom. The van der Waals surface area contributed by atoms with Crippen molar-refractivity contribution in [1.82, 2.24) is 10.6 Å². The third-order valence-electron chi connectivity index (χ3n) is 5.27. The van der Waals surface area contributed by atoms with Crippen LogP contribution in [-0.4, -0.2) is 32.4 Å². The van der Waals surface area contributed by atoms with Crippen LogP contribution in [0.5, 0.6) is 0 Å². The Balaban J connectivity index is 1.86. The van der Waals surface area contributed by atoms with Crippen molar-refractivity contribution in [2.24, 2.45) is 11.8 Å². The van der Waals surface area contributed by atoms with Gasteiger partial charge in [0.2, 0.25) is 0 Å². The molecule has 1 aliphatic heterocycles. The van der Waals surface area contributed by atoms with Gasteiger partial charge >= 0.3 is 6.18 Å².